The number of amidine groups is 1. The van der Waals surface area contributed by atoms with Crippen LogP contribution in [0.15, 0.2) is 64.5 Å². The standard InChI is InChI=1S/C26H20Cl3FN2O3S/c1-3-32-25(33)23(36-26(32)31-18-7-5-17(30)6-8-18)13-16-11-21(29)24(22(12-16)34-2)35-14-15-4-9-19(27)20(28)10-15/h4-13H,3,14H2,1-2H3/b23-13+,31-26?. The first-order chi connectivity index (χ1) is 17.3. The van der Waals surface area contributed by atoms with E-state index in [1.54, 1.807) is 53.4 Å². The molecule has 3 aromatic rings. The van der Waals surface area contributed by atoms with E-state index in [2.05, 4.69) is 4.99 Å². The smallest absolute Gasteiger partial charge is 0.266 e. The maximum absolute atomic E-state index is 13.2. The monoisotopic (exact) mass is 564 g/mol. The van der Waals surface area contributed by atoms with Crippen molar-refractivity contribution in [2.75, 3.05) is 13.7 Å². The summed E-state index contributed by atoms with van der Waals surface area (Å²) in [4.78, 5) is 19.5. The summed E-state index contributed by atoms with van der Waals surface area (Å²) in [6, 6.07) is 14.4. The fourth-order valence-electron chi connectivity index (χ4n) is 3.40. The lowest BCUT2D eigenvalue weighted by molar-refractivity contribution is -0.122. The quantitative estimate of drug-likeness (QED) is 0.272. The zero-order valence-corrected chi connectivity index (χ0v) is 22.3. The molecule has 0 aromatic heterocycles. The summed E-state index contributed by atoms with van der Waals surface area (Å²) >= 11 is 19.8. The fraction of sp³-hybridized carbons (Fsp3) is 0.154. The van der Waals surface area contributed by atoms with E-state index in [9.17, 15) is 9.18 Å². The van der Waals surface area contributed by atoms with E-state index >= 15 is 0 Å². The molecule has 0 saturated carbocycles. The number of hydrogen-bond donors (Lipinski definition) is 0. The molecule has 1 heterocycles. The van der Waals surface area contributed by atoms with Gasteiger partial charge in [0, 0.05) is 6.54 Å². The summed E-state index contributed by atoms with van der Waals surface area (Å²) in [5, 5.41) is 1.73. The average molecular weight is 566 g/mol. The third-order valence-electron chi connectivity index (χ3n) is 5.17. The van der Waals surface area contributed by atoms with Crippen molar-refractivity contribution in [2.24, 2.45) is 4.99 Å². The van der Waals surface area contributed by atoms with Crippen LogP contribution in [0.5, 0.6) is 11.5 Å². The lowest BCUT2D eigenvalue weighted by atomic mass is 10.1. The minimum atomic E-state index is -0.350. The van der Waals surface area contributed by atoms with Crippen LogP contribution in [0.4, 0.5) is 10.1 Å². The molecule has 1 aliphatic rings. The van der Waals surface area contributed by atoms with Crippen LogP contribution in [0, 0.1) is 5.82 Å². The molecule has 1 aliphatic heterocycles. The first kappa shape index (κ1) is 26.4. The van der Waals surface area contributed by atoms with Gasteiger partial charge in [0.15, 0.2) is 16.7 Å². The molecule has 1 fully saturated rings. The highest BCUT2D eigenvalue weighted by atomic mass is 35.5. The molecule has 186 valence electrons. The molecule has 3 aromatic carbocycles. The number of benzene rings is 3. The number of halogens is 4. The Labute approximate surface area is 227 Å². The van der Waals surface area contributed by atoms with Gasteiger partial charge in [-0.05, 0) is 84.4 Å². The van der Waals surface area contributed by atoms with Crippen molar-refractivity contribution >= 4 is 69.4 Å². The lowest BCUT2D eigenvalue weighted by Crippen LogP contribution is -2.28. The Kier molecular flexibility index (Phi) is 8.46. The Balaban J connectivity index is 1.58. The minimum absolute atomic E-state index is 0.182. The Morgan fingerprint density at radius 1 is 1.03 bits per heavy atom. The molecule has 0 spiro atoms. The SMILES string of the molecule is CCN1C(=O)/C(=C\c2cc(Cl)c(OCc3ccc(Cl)c(Cl)c3)c(OC)c2)SC1=Nc1ccc(F)cc1. The Morgan fingerprint density at radius 3 is 2.44 bits per heavy atom. The van der Waals surface area contributed by atoms with Gasteiger partial charge in [0.2, 0.25) is 0 Å². The van der Waals surface area contributed by atoms with E-state index in [1.165, 1.54) is 31.0 Å². The molecule has 0 radical (unpaired) electrons. The van der Waals surface area contributed by atoms with E-state index in [-0.39, 0.29) is 18.3 Å². The molecule has 0 N–H and O–H groups in total. The summed E-state index contributed by atoms with van der Waals surface area (Å²) in [5.74, 6) is 0.250. The molecule has 0 unspecified atom stereocenters. The van der Waals surface area contributed by atoms with Crippen LogP contribution >= 0.6 is 46.6 Å². The molecule has 5 nitrogen and oxygen atoms in total. The van der Waals surface area contributed by atoms with Gasteiger partial charge in [-0.25, -0.2) is 9.38 Å². The molecular formula is C26H20Cl3FN2O3S. The molecule has 0 aliphatic carbocycles. The normalized spacial score (nSPS) is 15.7. The Morgan fingerprint density at radius 2 is 1.78 bits per heavy atom. The maximum atomic E-state index is 13.2. The van der Waals surface area contributed by atoms with Crippen LogP contribution in [0.25, 0.3) is 6.08 Å². The van der Waals surface area contributed by atoms with Crippen LogP contribution in [0.1, 0.15) is 18.1 Å². The van der Waals surface area contributed by atoms with Crippen LogP contribution in [0.2, 0.25) is 15.1 Å². The van der Waals surface area contributed by atoms with Gasteiger partial charge >= 0.3 is 0 Å². The summed E-state index contributed by atoms with van der Waals surface area (Å²) in [6.07, 6.45) is 1.72. The molecule has 1 saturated heterocycles. The van der Waals surface area contributed by atoms with Crippen LogP contribution in [-0.2, 0) is 11.4 Å². The van der Waals surface area contributed by atoms with Crippen molar-refractivity contribution in [2.45, 2.75) is 13.5 Å². The van der Waals surface area contributed by atoms with Gasteiger partial charge in [-0.15, -0.1) is 0 Å². The van der Waals surface area contributed by atoms with Gasteiger partial charge in [0.05, 0.1) is 32.8 Å². The number of methoxy groups -OCH3 is 1. The number of rotatable bonds is 7. The zero-order valence-electron chi connectivity index (χ0n) is 19.2. The molecule has 36 heavy (non-hydrogen) atoms. The number of nitrogens with zero attached hydrogens (tertiary/aromatic N) is 2. The second kappa shape index (κ2) is 11.6. The van der Waals surface area contributed by atoms with Crippen molar-refractivity contribution < 1.29 is 18.7 Å². The first-order valence-electron chi connectivity index (χ1n) is 10.8. The van der Waals surface area contributed by atoms with Crippen LogP contribution < -0.4 is 9.47 Å². The number of hydrogen-bond acceptors (Lipinski definition) is 5. The summed E-state index contributed by atoms with van der Waals surface area (Å²) in [7, 11) is 1.51. The molecular weight excluding hydrogens is 546 g/mol. The molecule has 0 bridgehead atoms. The number of aliphatic imine (C=N–C) groups is 1. The zero-order chi connectivity index (χ0) is 25.8. The average Bonchev–Trinajstić information content (AvgIpc) is 3.15. The van der Waals surface area contributed by atoms with Gasteiger partial charge in [0.1, 0.15) is 12.4 Å². The van der Waals surface area contributed by atoms with E-state index in [0.717, 1.165) is 5.56 Å². The molecule has 4 rings (SSSR count). The molecule has 1 amide bonds. The van der Waals surface area contributed by atoms with Crippen molar-refractivity contribution in [3.05, 3.63) is 91.5 Å². The summed E-state index contributed by atoms with van der Waals surface area (Å²) in [5.41, 5.74) is 2.03. The second-order valence-corrected chi connectivity index (χ2v) is 9.83. The first-order valence-corrected chi connectivity index (χ1v) is 12.7. The summed E-state index contributed by atoms with van der Waals surface area (Å²) < 4.78 is 24.6. The third kappa shape index (κ3) is 5.98. The number of carbonyl (C=O) groups excluding carboxylic acids is 1. The number of thioether (sulfide) groups is 1. The highest BCUT2D eigenvalue weighted by molar-refractivity contribution is 8.18. The van der Waals surface area contributed by atoms with Crippen molar-refractivity contribution in [1.82, 2.24) is 4.90 Å². The van der Waals surface area contributed by atoms with Crippen LogP contribution in [-0.4, -0.2) is 29.6 Å². The van der Waals surface area contributed by atoms with Gasteiger partial charge in [-0.3, -0.25) is 9.69 Å². The Bertz CT molecular complexity index is 1360. The van der Waals surface area contributed by atoms with Crippen molar-refractivity contribution in [1.29, 1.82) is 0 Å². The molecule has 10 heteroatoms. The number of amides is 1. The lowest BCUT2D eigenvalue weighted by Gasteiger charge is -2.14. The van der Waals surface area contributed by atoms with E-state index < -0.39 is 0 Å². The number of ether oxygens (including phenoxy) is 2. The third-order valence-corrected chi connectivity index (χ3v) is 7.20. The minimum Gasteiger partial charge on any atom is -0.493 e. The van der Waals surface area contributed by atoms with Gasteiger partial charge in [0.25, 0.3) is 5.91 Å². The highest BCUT2D eigenvalue weighted by Gasteiger charge is 2.32. The highest BCUT2D eigenvalue weighted by Crippen LogP contribution is 2.40. The topological polar surface area (TPSA) is 51.1 Å². The maximum Gasteiger partial charge on any atom is 0.266 e. The van der Waals surface area contributed by atoms with Gasteiger partial charge in [-0.2, -0.15) is 0 Å². The summed E-state index contributed by atoms with van der Waals surface area (Å²) in [6.45, 7) is 2.51. The number of likely N-dealkylation sites (N-methyl/N-ethyl adjacent to an activating group) is 1. The predicted octanol–water partition coefficient (Wildman–Crippen LogP) is 8.00. The Hall–Kier alpha value is -2.71. The van der Waals surface area contributed by atoms with Gasteiger partial charge in [-0.1, -0.05) is 40.9 Å². The van der Waals surface area contributed by atoms with Crippen LogP contribution in [0.3, 0.4) is 0 Å². The van der Waals surface area contributed by atoms with E-state index in [1.807, 2.05) is 6.92 Å². The second-order valence-electron chi connectivity index (χ2n) is 7.60. The van der Waals surface area contributed by atoms with Crippen molar-refractivity contribution in [3.8, 4) is 11.5 Å². The number of carbonyl (C=O) groups is 1. The van der Waals surface area contributed by atoms with Crippen molar-refractivity contribution in [3.63, 3.8) is 0 Å². The van der Waals surface area contributed by atoms with Gasteiger partial charge < -0.3 is 9.47 Å². The predicted molar refractivity (Wildman–Crippen MR) is 145 cm³/mol. The largest absolute Gasteiger partial charge is 0.493 e. The fourth-order valence-corrected chi connectivity index (χ4v) is 5.05. The van der Waals surface area contributed by atoms with E-state index in [4.69, 9.17) is 44.3 Å². The molecule has 0 atom stereocenters. The van der Waals surface area contributed by atoms with E-state index in [0.29, 0.717) is 54.4 Å².